The molecule has 0 aromatic carbocycles. The highest BCUT2D eigenvalue weighted by Gasteiger charge is 2.42. The first-order valence-corrected chi connectivity index (χ1v) is 8.83. The van der Waals surface area contributed by atoms with Crippen LogP contribution < -0.4 is 0 Å². The van der Waals surface area contributed by atoms with Gasteiger partial charge in [-0.15, -0.1) is 11.3 Å². The summed E-state index contributed by atoms with van der Waals surface area (Å²) in [5, 5.41) is 5.98. The lowest BCUT2D eigenvalue weighted by Crippen LogP contribution is -2.45. The summed E-state index contributed by atoms with van der Waals surface area (Å²) in [5.74, 6) is 1.86. The zero-order valence-electron chi connectivity index (χ0n) is 13.0. The first-order valence-electron chi connectivity index (χ1n) is 7.95. The number of rotatable bonds is 3. The van der Waals surface area contributed by atoms with Gasteiger partial charge in [-0.25, -0.2) is 0 Å². The number of amides is 1. The largest absolute Gasteiger partial charge is 0.365 e. The van der Waals surface area contributed by atoms with Crippen LogP contribution in [0.5, 0.6) is 0 Å². The van der Waals surface area contributed by atoms with E-state index >= 15 is 0 Å². The first kappa shape index (κ1) is 14.8. The standard InChI is InChI=1S/C16H19N3O3S/c1-10-17-16(18-22-10)13-7-11-4-5-19(9-14(11)21-13)15(20)8-12-3-2-6-23-12/h2-3,6,11,13-14H,4-5,7-9H2,1H3/t11-,13+,14+/m1/s1. The molecule has 0 unspecified atom stereocenters. The van der Waals surface area contributed by atoms with Crippen LogP contribution in [0.3, 0.4) is 0 Å². The monoisotopic (exact) mass is 333 g/mol. The Kier molecular flexibility index (Phi) is 3.90. The van der Waals surface area contributed by atoms with Crippen molar-refractivity contribution in [3.63, 3.8) is 0 Å². The van der Waals surface area contributed by atoms with E-state index in [-0.39, 0.29) is 18.1 Å². The van der Waals surface area contributed by atoms with E-state index in [1.54, 1.807) is 18.3 Å². The number of carbonyl (C=O) groups is 1. The number of aryl methyl sites for hydroxylation is 1. The number of piperidine rings is 1. The van der Waals surface area contributed by atoms with Gasteiger partial charge in [0.05, 0.1) is 12.5 Å². The Morgan fingerprint density at radius 1 is 1.52 bits per heavy atom. The van der Waals surface area contributed by atoms with Gasteiger partial charge in [0.25, 0.3) is 0 Å². The smallest absolute Gasteiger partial charge is 0.227 e. The molecule has 0 bridgehead atoms. The summed E-state index contributed by atoms with van der Waals surface area (Å²) in [6.07, 6.45) is 2.36. The minimum atomic E-state index is -0.102. The van der Waals surface area contributed by atoms with E-state index in [4.69, 9.17) is 9.26 Å². The highest BCUT2D eigenvalue weighted by atomic mass is 32.1. The van der Waals surface area contributed by atoms with Crippen LogP contribution >= 0.6 is 11.3 Å². The van der Waals surface area contributed by atoms with Crippen molar-refractivity contribution < 1.29 is 14.1 Å². The van der Waals surface area contributed by atoms with E-state index in [0.29, 0.717) is 30.6 Å². The number of likely N-dealkylation sites (tertiary alicyclic amines) is 1. The summed E-state index contributed by atoms with van der Waals surface area (Å²) in [6.45, 7) is 3.26. The molecule has 2 aromatic heterocycles. The number of hydrogen-bond acceptors (Lipinski definition) is 6. The number of hydrogen-bond donors (Lipinski definition) is 0. The van der Waals surface area contributed by atoms with Crippen molar-refractivity contribution >= 4 is 17.2 Å². The molecule has 7 heteroatoms. The van der Waals surface area contributed by atoms with Crippen LogP contribution in [0.25, 0.3) is 0 Å². The molecule has 0 aliphatic carbocycles. The van der Waals surface area contributed by atoms with Crippen LogP contribution in [-0.4, -0.2) is 40.1 Å². The van der Waals surface area contributed by atoms with Crippen molar-refractivity contribution in [2.75, 3.05) is 13.1 Å². The van der Waals surface area contributed by atoms with Gasteiger partial charge in [-0.3, -0.25) is 4.79 Å². The lowest BCUT2D eigenvalue weighted by Gasteiger charge is -2.34. The summed E-state index contributed by atoms with van der Waals surface area (Å²) in [6, 6.07) is 3.99. The van der Waals surface area contributed by atoms with Crippen LogP contribution in [0, 0.1) is 12.8 Å². The minimum Gasteiger partial charge on any atom is -0.365 e. The van der Waals surface area contributed by atoms with E-state index < -0.39 is 0 Å². The summed E-state index contributed by atoms with van der Waals surface area (Å²) in [4.78, 5) is 19.8. The lowest BCUT2D eigenvalue weighted by atomic mass is 9.91. The van der Waals surface area contributed by atoms with Crippen LogP contribution in [0.15, 0.2) is 22.0 Å². The second-order valence-corrected chi connectivity index (χ2v) is 7.25. The average Bonchev–Trinajstić information content (AvgIpc) is 3.25. The number of ether oxygens (including phenoxy) is 1. The van der Waals surface area contributed by atoms with E-state index in [9.17, 15) is 4.79 Å². The van der Waals surface area contributed by atoms with E-state index in [1.807, 2.05) is 22.4 Å². The Morgan fingerprint density at radius 2 is 2.43 bits per heavy atom. The van der Waals surface area contributed by atoms with E-state index in [0.717, 1.165) is 24.3 Å². The van der Waals surface area contributed by atoms with Crippen molar-refractivity contribution in [2.24, 2.45) is 5.92 Å². The molecular formula is C16H19N3O3S. The molecule has 2 aliphatic heterocycles. The molecule has 2 fully saturated rings. The quantitative estimate of drug-likeness (QED) is 0.862. The Morgan fingerprint density at radius 3 is 3.17 bits per heavy atom. The predicted molar refractivity (Wildman–Crippen MR) is 84.0 cm³/mol. The van der Waals surface area contributed by atoms with Gasteiger partial charge in [-0.1, -0.05) is 11.2 Å². The fourth-order valence-electron chi connectivity index (χ4n) is 3.44. The van der Waals surface area contributed by atoms with Gasteiger partial charge >= 0.3 is 0 Å². The molecule has 0 spiro atoms. The third-order valence-electron chi connectivity index (χ3n) is 4.64. The SMILES string of the molecule is Cc1nc([C@@H]2C[C@H]3CCN(C(=O)Cc4cccs4)C[C@@H]3O2)no1. The van der Waals surface area contributed by atoms with Crippen molar-refractivity contribution in [3.8, 4) is 0 Å². The summed E-state index contributed by atoms with van der Waals surface area (Å²) in [7, 11) is 0. The molecule has 2 aromatic rings. The maximum atomic E-state index is 12.4. The number of nitrogens with zero attached hydrogens (tertiary/aromatic N) is 3. The maximum absolute atomic E-state index is 12.4. The Hall–Kier alpha value is -1.73. The highest BCUT2D eigenvalue weighted by molar-refractivity contribution is 7.10. The molecule has 4 rings (SSSR count). The third-order valence-corrected chi connectivity index (χ3v) is 5.52. The fraction of sp³-hybridized carbons (Fsp3) is 0.562. The molecule has 3 atom stereocenters. The fourth-order valence-corrected chi connectivity index (χ4v) is 4.14. The molecule has 0 radical (unpaired) electrons. The minimum absolute atomic E-state index is 0.0832. The predicted octanol–water partition coefficient (Wildman–Crippen LogP) is 2.36. The van der Waals surface area contributed by atoms with Crippen molar-refractivity contribution in [2.45, 2.75) is 38.4 Å². The number of carbonyl (C=O) groups excluding carboxylic acids is 1. The van der Waals surface area contributed by atoms with Gasteiger partial charge in [-0.05, 0) is 30.2 Å². The average molecular weight is 333 g/mol. The zero-order valence-corrected chi connectivity index (χ0v) is 13.8. The summed E-state index contributed by atoms with van der Waals surface area (Å²) < 4.78 is 11.1. The third kappa shape index (κ3) is 3.03. The Labute approximate surface area is 138 Å². The van der Waals surface area contributed by atoms with E-state index in [1.165, 1.54) is 0 Å². The van der Waals surface area contributed by atoms with Crippen molar-refractivity contribution in [3.05, 3.63) is 34.1 Å². The van der Waals surface area contributed by atoms with Crippen molar-refractivity contribution in [1.29, 1.82) is 0 Å². The van der Waals surface area contributed by atoms with Crippen LogP contribution in [-0.2, 0) is 16.0 Å². The molecule has 0 N–H and O–H groups in total. The molecule has 23 heavy (non-hydrogen) atoms. The number of fused-ring (bicyclic) bond motifs is 1. The zero-order chi connectivity index (χ0) is 15.8. The van der Waals surface area contributed by atoms with Gasteiger partial charge in [-0.2, -0.15) is 4.98 Å². The molecule has 6 nitrogen and oxygen atoms in total. The topological polar surface area (TPSA) is 68.5 Å². The normalized spacial score (nSPS) is 27.2. The van der Waals surface area contributed by atoms with Gasteiger partial charge in [0.2, 0.25) is 17.6 Å². The van der Waals surface area contributed by atoms with Gasteiger partial charge in [0.1, 0.15) is 6.10 Å². The Balaban J connectivity index is 1.38. The molecule has 4 heterocycles. The molecule has 1 amide bonds. The molecule has 2 aliphatic rings. The van der Waals surface area contributed by atoms with Gasteiger partial charge < -0.3 is 14.2 Å². The maximum Gasteiger partial charge on any atom is 0.227 e. The molecule has 2 saturated heterocycles. The first-order chi connectivity index (χ1) is 11.2. The highest BCUT2D eigenvalue weighted by Crippen LogP contribution is 2.40. The van der Waals surface area contributed by atoms with Crippen LogP contribution in [0.4, 0.5) is 0 Å². The van der Waals surface area contributed by atoms with Crippen molar-refractivity contribution in [1.82, 2.24) is 15.0 Å². The Bertz CT molecular complexity index is 685. The molecular weight excluding hydrogens is 314 g/mol. The van der Waals surface area contributed by atoms with Gasteiger partial charge in [0.15, 0.2) is 0 Å². The number of aromatic nitrogens is 2. The number of thiophene rings is 1. The van der Waals surface area contributed by atoms with Crippen LogP contribution in [0.1, 0.15) is 35.5 Å². The van der Waals surface area contributed by atoms with E-state index in [2.05, 4.69) is 10.1 Å². The molecule has 0 saturated carbocycles. The molecule has 122 valence electrons. The summed E-state index contributed by atoms with van der Waals surface area (Å²) >= 11 is 1.63. The van der Waals surface area contributed by atoms with Gasteiger partial charge in [0, 0.05) is 24.9 Å². The second kappa shape index (κ2) is 6.05. The second-order valence-electron chi connectivity index (χ2n) is 6.22. The van der Waals surface area contributed by atoms with Crippen LogP contribution in [0.2, 0.25) is 0 Å². The summed E-state index contributed by atoms with van der Waals surface area (Å²) in [5.41, 5.74) is 0. The lowest BCUT2D eigenvalue weighted by molar-refractivity contribution is -0.134.